The molecule has 5 nitrogen and oxygen atoms in total. The number of methoxy groups -OCH3 is 1. The number of amides is 1. The monoisotopic (exact) mass is 343 g/mol. The molecule has 1 aromatic heterocycles. The lowest BCUT2D eigenvalue weighted by atomic mass is 10.1. The highest BCUT2D eigenvalue weighted by atomic mass is 35.5. The predicted molar refractivity (Wildman–Crippen MR) is 82.9 cm³/mol. The Morgan fingerprint density at radius 3 is 2.59 bits per heavy atom. The minimum absolute atomic E-state index is 0.211. The van der Waals surface area contributed by atoms with Gasteiger partial charge < -0.3 is 19.6 Å². The van der Waals surface area contributed by atoms with Crippen molar-refractivity contribution in [3.05, 3.63) is 58.0 Å². The number of nitrogens with one attached hydrogen (secondary N) is 1. The highest BCUT2D eigenvalue weighted by molar-refractivity contribution is 6.34. The normalized spacial score (nSPS) is 13.6. The van der Waals surface area contributed by atoms with E-state index in [4.69, 9.17) is 32.4 Å². The van der Waals surface area contributed by atoms with E-state index in [1.807, 2.05) is 0 Å². The van der Waals surface area contributed by atoms with Gasteiger partial charge in [-0.05, 0) is 35.9 Å². The van der Waals surface area contributed by atoms with Crippen molar-refractivity contribution >= 4 is 29.1 Å². The number of rotatable bonds is 6. The quantitative estimate of drug-likeness (QED) is 0.845. The van der Waals surface area contributed by atoms with Gasteiger partial charge in [0.15, 0.2) is 6.10 Å². The third kappa shape index (κ3) is 4.24. The van der Waals surface area contributed by atoms with Gasteiger partial charge in [0, 0.05) is 17.2 Å². The molecule has 0 spiro atoms. The fraction of sp³-hybridized carbons (Fsp3) is 0.267. The van der Waals surface area contributed by atoms with Crippen molar-refractivity contribution in [1.29, 1.82) is 0 Å². The van der Waals surface area contributed by atoms with Gasteiger partial charge in [0.1, 0.15) is 11.8 Å². The van der Waals surface area contributed by atoms with Crippen molar-refractivity contribution < 1.29 is 19.1 Å². The summed E-state index contributed by atoms with van der Waals surface area (Å²) in [5.74, 6) is -0.0664. The maximum Gasteiger partial charge on any atom is 0.254 e. The molecule has 0 radical (unpaired) electrons. The van der Waals surface area contributed by atoms with Crippen molar-refractivity contribution in [1.82, 2.24) is 5.32 Å². The van der Waals surface area contributed by atoms with E-state index in [1.54, 1.807) is 12.1 Å². The van der Waals surface area contributed by atoms with Crippen LogP contribution in [-0.2, 0) is 9.53 Å². The number of halogens is 2. The first kappa shape index (κ1) is 16.8. The average Bonchev–Trinajstić information content (AvgIpc) is 2.99. The Morgan fingerprint density at radius 2 is 2.05 bits per heavy atom. The highest BCUT2D eigenvalue weighted by Gasteiger charge is 2.23. The molecule has 118 valence electrons. The summed E-state index contributed by atoms with van der Waals surface area (Å²) in [5, 5.41) is 13.5. The first-order chi connectivity index (χ1) is 10.5. The number of carbonyl (C=O) groups excluding carboxylic acids is 1. The second-order valence-corrected chi connectivity index (χ2v) is 5.51. The maximum atomic E-state index is 12.2. The molecule has 0 fully saturated rings. The molecule has 22 heavy (non-hydrogen) atoms. The highest BCUT2D eigenvalue weighted by Crippen LogP contribution is 2.24. The summed E-state index contributed by atoms with van der Waals surface area (Å²) < 4.78 is 10.3. The molecule has 0 aliphatic carbocycles. The standard InChI is InChI=1S/C15H15Cl2NO4/c1-21-8-12(13-3-2-4-22-13)18-15(20)14(19)9-5-10(16)7-11(17)6-9/h2-7,12,14,19H,8H2,1H3,(H,18,20). The van der Waals surface area contributed by atoms with Gasteiger partial charge in [-0.3, -0.25) is 4.79 Å². The summed E-state index contributed by atoms with van der Waals surface area (Å²) in [6.45, 7) is 0.211. The predicted octanol–water partition coefficient (Wildman–Crippen LogP) is 3.12. The van der Waals surface area contributed by atoms with Crippen molar-refractivity contribution in [2.45, 2.75) is 12.1 Å². The van der Waals surface area contributed by atoms with E-state index >= 15 is 0 Å². The van der Waals surface area contributed by atoms with Crippen molar-refractivity contribution in [3.8, 4) is 0 Å². The Kier molecular flexibility index (Phi) is 5.85. The minimum Gasteiger partial charge on any atom is -0.467 e. The zero-order valence-corrected chi connectivity index (χ0v) is 13.3. The number of hydrogen-bond acceptors (Lipinski definition) is 4. The fourth-order valence-electron chi connectivity index (χ4n) is 1.99. The zero-order chi connectivity index (χ0) is 16.1. The van der Waals surface area contributed by atoms with Crippen LogP contribution >= 0.6 is 23.2 Å². The van der Waals surface area contributed by atoms with Crippen LogP contribution < -0.4 is 5.32 Å². The smallest absolute Gasteiger partial charge is 0.254 e. The molecule has 1 heterocycles. The number of benzene rings is 1. The summed E-state index contributed by atoms with van der Waals surface area (Å²) in [4.78, 5) is 12.2. The third-order valence-corrected chi connectivity index (χ3v) is 3.42. The molecule has 2 rings (SSSR count). The Bertz CT molecular complexity index is 610. The van der Waals surface area contributed by atoms with Gasteiger partial charge in [0.05, 0.1) is 12.9 Å². The van der Waals surface area contributed by atoms with Crippen LogP contribution in [0.4, 0.5) is 0 Å². The Morgan fingerprint density at radius 1 is 1.36 bits per heavy atom. The molecule has 1 aromatic carbocycles. The molecule has 0 aliphatic heterocycles. The van der Waals surface area contributed by atoms with Gasteiger partial charge in [-0.25, -0.2) is 0 Å². The van der Waals surface area contributed by atoms with Gasteiger partial charge in [-0.15, -0.1) is 0 Å². The molecule has 0 saturated carbocycles. The van der Waals surface area contributed by atoms with Gasteiger partial charge in [-0.1, -0.05) is 23.2 Å². The molecule has 7 heteroatoms. The molecule has 2 atom stereocenters. The SMILES string of the molecule is COCC(NC(=O)C(O)c1cc(Cl)cc(Cl)c1)c1ccco1. The molecule has 2 N–H and O–H groups in total. The van der Waals surface area contributed by atoms with Gasteiger partial charge in [0.2, 0.25) is 0 Å². The lowest BCUT2D eigenvalue weighted by Gasteiger charge is -2.18. The minimum atomic E-state index is -1.40. The average molecular weight is 344 g/mol. The Hall–Kier alpha value is -1.53. The zero-order valence-electron chi connectivity index (χ0n) is 11.8. The third-order valence-electron chi connectivity index (χ3n) is 2.99. The molecular weight excluding hydrogens is 329 g/mol. The van der Waals surface area contributed by atoms with Crippen LogP contribution in [0.15, 0.2) is 41.0 Å². The summed E-state index contributed by atoms with van der Waals surface area (Å²) in [6, 6.07) is 7.40. The van der Waals surface area contributed by atoms with Crippen molar-refractivity contribution in [3.63, 3.8) is 0 Å². The number of ether oxygens (including phenoxy) is 1. The summed E-state index contributed by atoms with van der Waals surface area (Å²) >= 11 is 11.7. The van der Waals surface area contributed by atoms with Crippen molar-refractivity contribution in [2.75, 3.05) is 13.7 Å². The molecule has 1 amide bonds. The van der Waals surface area contributed by atoms with Crippen LogP contribution in [0.3, 0.4) is 0 Å². The molecule has 2 aromatic rings. The fourth-order valence-corrected chi connectivity index (χ4v) is 2.53. The number of carbonyl (C=O) groups is 1. The van der Waals surface area contributed by atoms with Crippen LogP contribution in [-0.4, -0.2) is 24.7 Å². The molecular formula is C15H15Cl2NO4. The van der Waals surface area contributed by atoms with Crippen LogP contribution in [0.1, 0.15) is 23.5 Å². The van der Waals surface area contributed by atoms with Gasteiger partial charge in [-0.2, -0.15) is 0 Å². The van der Waals surface area contributed by atoms with E-state index in [1.165, 1.54) is 31.6 Å². The van der Waals surface area contributed by atoms with Crippen LogP contribution in [0, 0.1) is 0 Å². The van der Waals surface area contributed by atoms with E-state index in [0.717, 1.165) is 0 Å². The Labute approximate surface area is 137 Å². The van der Waals surface area contributed by atoms with E-state index in [0.29, 0.717) is 21.4 Å². The molecule has 0 saturated heterocycles. The Balaban J connectivity index is 2.12. The van der Waals surface area contributed by atoms with Crippen molar-refractivity contribution in [2.24, 2.45) is 0 Å². The van der Waals surface area contributed by atoms with E-state index in [-0.39, 0.29) is 6.61 Å². The number of hydrogen-bond donors (Lipinski definition) is 2. The van der Waals surface area contributed by atoms with E-state index in [2.05, 4.69) is 5.32 Å². The first-order valence-corrected chi connectivity index (χ1v) is 7.23. The molecule has 0 aliphatic rings. The molecule has 0 bridgehead atoms. The van der Waals surface area contributed by atoms with Crippen LogP contribution in [0.25, 0.3) is 0 Å². The number of aliphatic hydroxyl groups is 1. The number of furan rings is 1. The van der Waals surface area contributed by atoms with E-state index in [9.17, 15) is 9.90 Å². The van der Waals surface area contributed by atoms with Crippen LogP contribution in [0.5, 0.6) is 0 Å². The largest absolute Gasteiger partial charge is 0.467 e. The maximum absolute atomic E-state index is 12.2. The summed E-state index contributed by atoms with van der Waals surface area (Å²) in [5.41, 5.74) is 0.311. The first-order valence-electron chi connectivity index (χ1n) is 6.48. The molecule has 2 unspecified atom stereocenters. The van der Waals surface area contributed by atoms with Crippen LogP contribution in [0.2, 0.25) is 10.0 Å². The lowest BCUT2D eigenvalue weighted by Crippen LogP contribution is -2.34. The summed E-state index contributed by atoms with van der Waals surface area (Å²) in [7, 11) is 1.51. The topological polar surface area (TPSA) is 71.7 Å². The lowest BCUT2D eigenvalue weighted by molar-refractivity contribution is -0.131. The second kappa shape index (κ2) is 7.65. The van der Waals surface area contributed by atoms with Gasteiger partial charge in [0.25, 0.3) is 5.91 Å². The summed E-state index contributed by atoms with van der Waals surface area (Å²) in [6.07, 6.45) is 0.0997. The second-order valence-electron chi connectivity index (χ2n) is 4.64. The van der Waals surface area contributed by atoms with Gasteiger partial charge >= 0.3 is 0 Å². The number of aliphatic hydroxyl groups excluding tert-OH is 1. The van der Waals surface area contributed by atoms with E-state index < -0.39 is 18.1 Å².